The van der Waals surface area contributed by atoms with Gasteiger partial charge in [0.1, 0.15) is 0 Å². The van der Waals surface area contributed by atoms with Crippen molar-refractivity contribution in [3.63, 3.8) is 0 Å². The van der Waals surface area contributed by atoms with E-state index in [1.807, 2.05) is 0 Å². The summed E-state index contributed by atoms with van der Waals surface area (Å²) in [6, 6.07) is 0. The lowest BCUT2D eigenvalue weighted by molar-refractivity contribution is 0.125. The maximum Gasteiger partial charge on any atom is 0.0500 e. The molecule has 0 bridgehead atoms. The summed E-state index contributed by atoms with van der Waals surface area (Å²) < 4.78 is 0. The Balaban J connectivity index is 2.48. The van der Waals surface area contributed by atoms with Crippen molar-refractivity contribution in [2.45, 2.75) is 12.8 Å². The van der Waals surface area contributed by atoms with Crippen molar-refractivity contribution in [2.24, 2.45) is 11.1 Å². The Kier molecular flexibility index (Phi) is 2.87. The molecule has 1 heterocycles. The van der Waals surface area contributed by atoms with Crippen LogP contribution >= 0.6 is 0 Å². The van der Waals surface area contributed by atoms with Gasteiger partial charge in [0.15, 0.2) is 0 Å². The fourth-order valence-corrected chi connectivity index (χ4v) is 1.88. The average molecular weight is 158 g/mol. The predicted molar refractivity (Wildman–Crippen MR) is 45.3 cm³/mol. The van der Waals surface area contributed by atoms with Crippen molar-refractivity contribution in [1.29, 1.82) is 0 Å². The summed E-state index contributed by atoms with van der Waals surface area (Å²) in [6.45, 7) is 3.07. The molecule has 1 aliphatic rings. The minimum absolute atomic E-state index is 0.115. The number of hydrogen-bond donors (Lipinski definition) is 2. The summed E-state index contributed by atoms with van der Waals surface area (Å²) in [5, 5.41) is 9.18. The minimum Gasteiger partial charge on any atom is -0.396 e. The lowest BCUT2D eigenvalue weighted by Crippen LogP contribution is -2.31. The molecule has 0 spiro atoms. The zero-order valence-electron chi connectivity index (χ0n) is 7.21. The summed E-state index contributed by atoms with van der Waals surface area (Å²) in [7, 11) is 2.09. The monoisotopic (exact) mass is 158 g/mol. The van der Waals surface area contributed by atoms with Crippen LogP contribution in [0.25, 0.3) is 0 Å². The summed E-state index contributed by atoms with van der Waals surface area (Å²) >= 11 is 0. The van der Waals surface area contributed by atoms with Gasteiger partial charge in [0.05, 0.1) is 6.61 Å². The molecule has 3 heteroatoms. The lowest BCUT2D eigenvalue weighted by atomic mass is 9.85. The third-order valence-corrected chi connectivity index (χ3v) is 2.64. The van der Waals surface area contributed by atoms with Crippen molar-refractivity contribution in [3.8, 4) is 0 Å². The molecule has 1 saturated heterocycles. The normalized spacial score (nSPS) is 33.0. The Morgan fingerprint density at radius 3 is 2.73 bits per heavy atom. The first-order valence-electron chi connectivity index (χ1n) is 4.22. The smallest absolute Gasteiger partial charge is 0.0500 e. The van der Waals surface area contributed by atoms with E-state index in [1.54, 1.807) is 0 Å². The quantitative estimate of drug-likeness (QED) is 0.590. The summed E-state index contributed by atoms with van der Waals surface area (Å²) in [6.07, 6.45) is 2.05. The molecule has 1 fully saturated rings. The molecular weight excluding hydrogens is 140 g/mol. The van der Waals surface area contributed by atoms with Gasteiger partial charge in [-0.2, -0.15) is 0 Å². The van der Waals surface area contributed by atoms with Gasteiger partial charge in [-0.15, -0.1) is 0 Å². The Hall–Kier alpha value is -0.120. The molecule has 0 aliphatic carbocycles. The largest absolute Gasteiger partial charge is 0.396 e. The van der Waals surface area contributed by atoms with E-state index in [2.05, 4.69) is 11.9 Å². The van der Waals surface area contributed by atoms with Gasteiger partial charge in [-0.25, -0.2) is 0 Å². The molecule has 3 nitrogen and oxygen atoms in total. The van der Waals surface area contributed by atoms with Crippen molar-refractivity contribution in [2.75, 3.05) is 33.3 Å². The zero-order valence-corrected chi connectivity index (χ0v) is 7.21. The summed E-state index contributed by atoms with van der Waals surface area (Å²) in [5.41, 5.74) is 5.60. The van der Waals surface area contributed by atoms with Crippen LogP contribution in [-0.4, -0.2) is 43.3 Å². The van der Waals surface area contributed by atoms with Gasteiger partial charge >= 0.3 is 0 Å². The molecule has 3 N–H and O–H groups in total. The van der Waals surface area contributed by atoms with E-state index >= 15 is 0 Å². The molecule has 1 atom stereocenters. The van der Waals surface area contributed by atoms with Gasteiger partial charge in [0, 0.05) is 12.0 Å². The van der Waals surface area contributed by atoms with E-state index < -0.39 is 0 Å². The first-order chi connectivity index (χ1) is 5.22. The maximum absolute atomic E-state index is 9.18. The second kappa shape index (κ2) is 3.52. The molecule has 0 aromatic rings. The highest BCUT2D eigenvalue weighted by Crippen LogP contribution is 2.31. The number of likely N-dealkylation sites (tertiary alicyclic amines) is 1. The van der Waals surface area contributed by atoms with Crippen LogP contribution in [0.5, 0.6) is 0 Å². The topological polar surface area (TPSA) is 49.5 Å². The number of rotatable bonds is 3. The molecule has 0 saturated carbocycles. The number of nitrogens with zero attached hydrogens (tertiary/aromatic N) is 1. The Bertz CT molecular complexity index is 125. The predicted octanol–water partition coefficient (Wildman–Crippen LogP) is -0.351. The molecular formula is C8H18N2O. The van der Waals surface area contributed by atoms with Gasteiger partial charge in [0.2, 0.25) is 0 Å². The molecule has 11 heavy (non-hydrogen) atoms. The first kappa shape index (κ1) is 8.97. The summed E-state index contributed by atoms with van der Waals surface area (Å²) in [4.78, 5) is 2.26. The van der Waals surface area contributed by atoms with Crippen LogP contribution in [0.4, 0.5) is 0 Å². The number of aliphatic hydroxyl groups excluding tert-OH is 1. The van der Waals surface area contributed by atoms with Gasteiger partial charge in [-0.05, 0) is 33.0 Å². The van der Waals surface area contributed by atoms with Gasteiger partial charge in [0.25, 0.3) is 0 Å². The Morgan fingerprint density at radius 1 is 1.64 bits per heavy atom. The van der Waals surface area contributed by atoms with Crippen LogP contribution in [0.15, 0.2) is 0 Å². The van der Waals surface area contributed by atoms with Crippen molar-refractivity contribution < 1.29 is 5.11 Å². The molecule has 66 valence electrons. The van der Waals surface area contributed by atoms with E-state index in [4.69, 9.17) is 5.73 Å². The molecule has 1 rings (SSSR count). The SMILES string of the molecule is CN1CCC(CO)(CCN)C1. The second-order valence-electron chi connectivity index (χ2n) is 3.68. The van der Waals surface area contributed by atoms with E-state index in [0.29, 0.717) is 6.54 Å². The van der Waals surface area contributed by atoms with Crippen LogP contribution in [0.1, 0.15) is 12.8 Å². The van der Waals surface area contributed by atoms with E-state index in [9.17, 15) is 5.11 Å². The third kappa shape index (κ3) is 1.92. The molecule has 0 aromatic carbocycles. The van der Waals surface area contributed by atoms with Gasteiger partial charge in [-0.1, -0.05) is 0 Å². The van der Waals surface area contributed by atoms with Crippen LogP contribution < -0.4 is 5.73 Å². The van der Waals surface area contributed by atoms with Crippen LogP contribution in [0, 0.1) is 5.41 Å². The Labute approximate surface area is 68.2 Å². The molecule has 0 amide bonds. The molecule has 0 radical (unpaired) electrons. The lowest BCUT2D eigenvalue weighted by Gasteiger charge is -2.25. The van der Waals surface area contributed by atoms with E-state index in [1.165, 1.54) is 0 Å². The standard InChI is InChI=1S/C8H18N2O/c1-10-5-3-8(6-10,7-11)2-4-9/h11H,2-7,9H2,1H3. The van der Waals surface area contributed by atoms with Crippen molar-refractivity contribution in [1.82, 2.24) is 4.90 Å². The highest BCUT2D eigenvalue weighted by atomic mass is 16.3. The van der Waals surface area contributed by atoms with Gasteiger partial charge < -0.3 is 15.7 Å². The fraction of sp³-hybridized carbons (Fsp3) is 1.00. The number of hydrogen-bond acceptors (Lipinski definition) is 3. The first-order valence-corrected chi connectivity index (χ1v) is 4.22. The van der Waals surface area contributed by atoms with Crippen LogP contribution in [0.2, 0.25) is 0 Å². The maximum atomic E-state index is 9.18. The molecule has 0 aromatic heterocycles. The number of aliphatic hydroxyl groups is 1. The van der Waals surface area contributed by atoms with E-state index in [0.717, 1.165) is 25.9 Å². The molecule has 1 aliphatic heterocycles. The van der Waals surface area contributed by atoms with E-state index in [-0.39, 0.29) is 12.0 Å². The highest BCUT2D eigenvalue weighted by molar-refractivity contribution is 4.88. The minimum atomic E-state index is 0.115. The Morgan fingerprint density at radius 2 is 2.36 bits per heavy atom. The van der Waals surface area contributed by atoms with Gasteiger partial charge in [-0.3, -0.25) is 0 Å². The average Bonchev–Trinajstić information content (AvgIpc) is 2.34. The highest BCUT2D eigenvalue weighted by Gasteiger charge is 2.34. The second-order valence-corrected chi connectivity index (χ2v) is 3.68. The van der Waals surface area contributed by atoms with Crippen molar-refractivity contribution in [3.05, 3.63) is 0 Å². The fourth-order valence-electron chi connectivity index (χ4n) is 1.88. The van der Waals surface area contributed by atoms with Crippen LogP contribution in [0.3, 0.4) is 0 Å². The third-order valence-electron chi connectivity index (χ3n) is 2.64. The zero-order chi connectivity index (χ0) is 8.32. The summed E-state index contributed by atoms with van der Waals surface area (Å²) in [5.74, 6) is 0. The van der Waals surface area contributed by atoms with Crippen LogP contribution in [-0.2, 0) is 0 Å². The molecule has 1 unspecified atom stereocenters. The van der Waals surface area contributed by atoms with Crippen molar-refractivity contribution >= 4 is 0 Å². The number of nitrogens with two attached hydrogens (primary N) is 1.